The first-order valence-electron chi connectivity index (χ1n) is 9.94. The first-order chi connectivity index (χ1) is 13.0. The van der Waals surface area contributed by atoms with Crippen molar-refractivity contribution in [2.75, 3.05) is 0 Å². The summed E-state index contributed by atoms with van der Waals surface area (Å²) in [4.78, 5) is 0. The number of benzene rings is 2. The number of hydrogen-bond acceptors (Lipinski definition) is 0. The fourth-order valence-corrected chi connectivity index (χ4v) is 3.82. The van der Waals surface area contributed by atoms with Crippen molar-refractivity contribution < 1.29 is 13.2 Å². The van der Waals surface area contributed by atoms with E-state index in [-0.39, 0.29) is 0 Å². The van der Waals surface area contributed by atoms with Crippen molar-refractivity contribution in [2.24, 2.45) is 5.92 Å². The van der Waals surface area contributed by atoms with Crippen molar-refractivity contribution in [3.63, 3.8) is 0 Å². The normalized spacial score (nSPS) is 17.6. The highest BCUT2D eigenvalue weighted by atomic mass is 19.4. The number of unbranched alkanes of at least 4 members (excludes halogenated alkanes) is 2. The maximum Gasteiger partial charge on any atom is 0.416 e. The Morgan fingerprint density at radius 1 is 0.852 bits per heavy atom. The Kier molecular flexibility index (Phi) is 6.41. The van der Waals surface area contributed by atoms with Gasteiger partial charge in [0.25, 0.3) is 0 Å². The van der Waals surface area contributed by atoms with E-state index in [0.717, 1.165) is 35.6 Å². The van der Waals surface area contributed by atoms with Gasteiger partial charge in [-0.1, -0.05) is 75.1 Å². The molecule has 1 aliphatic carbocycles. The summed E-state index contributed by atoms with van der Waals surface area (Å²) in [5.41, 5.74) is 3.78. The monoisotopic (exact) mass is 372 g/mol. The van der Waals surface area contributed by atoms with E-state index in [1.807, 2.05) is 12.1 Å². The lowest BCUT2D eigenvalue weighted by Gasteiger charge is -2.22. The Morgan fingerprint density at radius 2 is 1.44 bits per heavy atom. The van der Waals surface area contributed by atoms with Gasteiger partial charge in [0.05, 0.1) is 5.56 Å². The zero-order valence-corrected chi connectivity index (χ0v) is 15.9. The molecular weight excluding hydrogens is 345 g/mol. The topological polar surface area (TPSA) is 0 Å². The molecule has 0 aliphatic heterocycles. The van der Waals surface area contributed by atoms with Crippen LogP contribution in [0, 0.1) is 5.92 Å². The van der Waals surface area contributed by atoms with E-state index in [4.69, 9.17) is 0 Å². The predicted octanol–water partition coefficient (Wildman–Crippen LogP) is 8.14. The molecule has 3 rings (SSSR count). The minimum atomic E-state index is -4.29. The Bertz CT molecular complexity index is 752. The van der Waals surface area contributed by atoms with Crippen LogP contribution in [0.5, 0.6) is 0 Å². The predicted molar refractivity (Wildman–Crippen MR) is 106 cm³/mol. The summed E-state index contributed by atoms with van der Waals surface area (Å²) in [6.45, 7) is 2.24. The molecule has 1 atom stereocenters. The van der Waals surface area contributed by atoms with Gasteiger partial charge in [-0.25, -0.2) is 0 Å². The third kappa shape index (κ3) is 5.24. The second-order valence-electron chi connectivity index (χ2n) is 7.52. The lowest BCUT2D eigenvalue weighted by atomic mass is 9.83. The van der Waals surface area contributed by atoms with Crippen LogP contribution in [-0.2, 0) is 6.18 Å². The van der Waals surface area contributed by atoms with Crippen molar-refractivity contribution in [3.8, 4) is 11.1 Å². The molecule has 0 radical (unpaired) electrons. The molecule has 144 valence electrons. The first-order valence-corrected chi connectivity index (χ1v) is 9.94. The highest BCUT2D eigenvalue weighted by Crippen LogP contribution is 2.34. The van der Waals surface area contributed by atoms with Crippen molar-refractivity contribution in [1.82, 2.24) is 0 Å². The molecule has 1 aliphatic rings. The molecule has 0 aromatic heterocycles. The highest BCUT2D eigenvalue weighted by molar-refractivity contribution is 5.71. The van der Waals surface area contributed by atoms with Crippen LogP contribution in [0.2, 0.25) is 0 Å². The molecule has 0 nitrogen and oxygen atoms in total. The van der Waals surface area contributed by atoms with E-state index in [1.165, 1.54) is 49.7 Å². The number of hydrogen-bond donors (Lipinski definition) is 0. The summed E-state index contributed by atoms with van der Waals surface area (Å²) < 4.78 is 38.1. The summed E-state index contributed by atoms with van der Waals surface area (Å²) >= 11 is 0. The molecule has 0 saturated carbocycles. The molecule has 0 saturated heterocycles. The minimum absolute atomic E-state index is 0.608. The number of rotatable bonds is 6. The van der Waals surface area contributed by atoms with Crippen LogP contribution in [-0.4, -0.2) is 0 Å². The van der Waals surface area contributed by atoms with Gasteiger partial charge in [0.15, 0.2) is 0 Å². The van der Waals surface area contributed by atoms with E-state index in [9.17, 15) is 13.2 Å². The lowest BCUT2D eigenvalue weighted by Crippen LogP contribution is -2.05. The first kappa shape index (κ1) is 19.7. The maximum absolute atomic E-state index is 12.7. The summed E-state index contributed by atoms with van der Waals surface area (Å²) in [5.74, 6) is 0.826. The Balaban J connectivity index is 1.64. The Hall–Kier alpha value is -2.03. The summed E-state index contributed by atoms with van der Waals surface area (Å²) in [6.07, 6.45) is 6.93. The largest absolute Gasteiger partial charge is 0.416 e. The van der Waals surface area contributed by atoms with E-state index in [2.05, 4.69) is 25.1 Å². The van der Waals surface area contributed by atoms with E-state index in [1.54, 1.807) is 12.1 Å². The summed E-state index contributed by atoms with van der Waals surface area (Å²) in [6, 6.07) is 13.6. The van der Waals surface area contributed by atoms with E-state index in [0.29, 0.717) is 0 Å². The van der Waals surface area contributed by atoms with Gasteiger partial charge in [-0.2, -0.15) is 13.2 Å². The zero-order valence-electron chi connectivity index (χ0n) is 15.9. The fourth-order valence-electron chi connectivity index (χ4n) is 3.82. The molecular formula is C24H27F3. The zero-order chi connectivity index (χ0) is 19.3. The molecule has 0 amide bonds. The third-order valence-corrected chi connectivity index (χ3v) is 5.54. The maximum atomic E-state index is 12.7. The smallest absolute Gasteiger partial charge is 0.166 e. The SMILES string of the molecule is CCCCCC1CC=C(c2ccc(-c3ccc(C(F)(F)F)cc3)cc2)CC1. The number of alkyl halides is 3. The van der Waals surface area contributed by atoms with Crippen LogP contribution in [0.25, 0.3) is 16.7 Å². The van der Waals surface area contributed by atoms with Gasteiger partial charge in [-0.15, -0.1) is 0 Å². The molecule has 27 heavy (non-hydrogen) atoms. The fraction of sp³-hybridized carbons (Fsp3) is 0.417. The van der Waals surface area contributed by atoms with E-state index < -0.39 is 11.7 Å². The van der Waals surface area contributed by atoms with Gasteiger partial charge in [-0.3, -0.25) is 0 Å². The average Bonchev–Trinajstić information content (AvgIpc) is 2.68. The molecule has 2 aromatic rings. The molecule has 2 aromatic carbocycles. The van der Waals surface area contributed by atoms with E-state index >= 15 is 0 Å². The summed E-state index contributed by atoms with van der Waals surface area (Å²) in [5, 5.41) is 0. The van der Waals surface area contributed by atoms with Crippen LogP contribution in [0.1, 0.15) is 63.0 Å². The van der Waals surface area contributed by atoms with Crippen molar-refractivity contribution in [1.29, 1.82) is 0 Å². The van der Waals surface area contributed by atoms with Crippen LogP contribution in [0.4, 0.5) is 13.2 Å². The molecule has 0 fully saturated rings. The summed E-state index contributed by atoms with van der Waals surface area (Å²) in [7, 11) is 0. The van der Waals surface area contributed by atoms with Gasteiger partial charge in [0.1, 0.15) is 0 Å². The van der Waals surface area contributed by atoms with Crippen molar-refractivity contribution in [2.45, 2.75) is 58.0 Å². The quantitative estimate of drug-likeness (QED) is 0.449. The van der Waals surface area contributed by atoms with Gasteiger partial charge in [0, 0.05) is 0 Å². The van der Waals surface area contributed by atoms with Crippen LogP contribution >= 0.6 is 0 Å². The minimum Gasteiger partial charge on any atom is -0.166 e. The van der Waals surface area contributed by atoms with Gasteiger partial charge in [-0.05, 0) is 59.6 Å². The lowest BCUT2D eigenvalue weighted by molar-refractivity contribution is -0.137. The molecule has 3 heteroatoms. The molecule has 1 unspecified atom stereocenters. The number of allylic oxidation sites excluding steroid dienone is 2. The van der Waals surface area contributed by atoms with Crippen molar-refractivity contribution in [3.05, 3.63) is 65.7 Å². The molecule has 0 bridgehead atoms. The molecule has 0 spiro atoms. The van der Waals surface area contributed by atoms with Gasteiger partial charge in [0.2, 0.25) is 0 Å². The second-order valence-corrected chi connectivity index (χ2v) is 7.52. The van der Waals surface area contributed by atoms with Gasteiger partial charge >= 0.3 is 6.18 Å². The Morgan fingerprint density at radius 3 is 1.96 bits per heavy atom. The van der Waals surface area contributed by atoms with Crippen LogP contribution in [0.15, 0.2) is 54.6 Å². The third-order valence-electron chi connectivity index (χ3n) is 5.54. The second kappa shape index (κ2) is 8.77. The van der Waals surface area contributed by atoms with Crippen molar-refractivity contribution >= 4 is 5.57 Å². The average molecular weight is 372 g/mol. The van der Waals surface area contributed by atoms with Gasteiger partial charge < -0.3 is 0 Å². The molecule has 0 heterocycles. The highest BCUT2D eigenvalue weighted by Gasteiger charge is 2.29. The number of halogens is 3. The Labute approximate surface area is 160 Å². The van der Waals surface area contributed by atoms with Crippen LogP contribution in [0.3, 0.4) is 0 Å². The standard InChI is InChI=1S/C24H27F3/c1-2-3-4-5-18-6-8-19(9-7-18)20-10-12-21(13-11-20)22-14-16-23(17-15-22)24(25,26)27/h8,10-18H,2-7,9H2,1H3. The molecule has 0 N–H and O–H groups in total. The van der Waals surface area contributed by atoms with Crippen LogP contribution < -0.4 is 0 Å².